The maximum atomic E-state index is 12.6. The number of hydrogen-bond acceptors (Lipinski definition) is 3. The molecule has 3 rings (SSSR count). The maximum Gasteiger partial charge on any atom is 0.262 e. The minimum atomic E-state index is -1.02. The lowest BCUT2D eigenvalue weighted by molar-refractivity contribution is -0.119. The molecule has 1 heterocycles. The van der Waals surface area contributed by atoms with E-state index in [-0.39, 0.29) is 21.2 Å². The van der Waals surface area contributed by atoms with E-state index in [1.807, 2.05) is 0 Å². The van der Waals surface area contributed by atoms with Crippen molar-refractivity contribution in [2.24, 2.45) is 0 Å². The van der Waals surface area contributed by atoms with Crippen molar-refractivity contribution in [3.05, 3.63) is 62.1 Å². The Morgan fingerprint density at radius 1 is 1.00 bits per heavy atom. The Kier molecular flexibility index (Phi) is 4.97. The molecule has 1 atom stereocenters. The van der Waals surface area contributed by atoms with E-state index in [4.69, 9.17) is 34.8 Å². The van der Waals surface area contributed by atoms with Gasteiger partial charge in [0.2, 0.25) is 5.91 Å². The average Bonchev–Trinajstić information content (AvgIpc) is 2.81. The highest BCUT2D eigenvalue weighted by Gasteiger charge is 2.41. The lowest BCUT2D eigenvalue weighted by atomic mass is 10.1. The zero-order valence-electron chi connectivity index (χ0n) is 13.8. The van der Waals surface area contributed by atoms with E-state index in [2.05, 4.69) is 5.32 Å². The van der Waals surface area contributed by atoms with Gasteiger partial charge in [0.25, 0.3) is 11.8 Å². The number of hydrogen-bond donors (Lipinski definition) is 1. The number of nitrogens with one attached hydrogen (secondary N) is 1. The molecule has 8 heteroatoms. The third-order valence-corrected chi connectivity index (χ3v) is 5.13. The van der Waals surface area contributed by atoms with E-state index in [9.17, 15) is 14.4 Å². The first-order valence-corrected chi connectivity index (χ1v) is 8.78. The number of carbonyl (C=O) groups excluding carboxylic acids is 3. The maximum absolute atomic E-state index is 12.6. The van der Waals surface area contributed by atoms with Gasteiger partial charge in [0.1, 0.15) is 6.04 Å². The number of imide groups is 1. The summed E-state index contributed by atoms with van der Waals surface area (Å²) in [5.41, 5.74) is 1.58. The second kappa shape index (κ2) is 6.91. The van der Waals surface area contributed by atoms with Crippen LogP contribution < -0.4 is 5.32 Å². The number of aryl methyl sites for hydroxylation is 1. The summed E-state index contributed by atoms with van der Waals surface area (Å²) in [6.45, 7) is 3.27. The normalized spacial score (nSPS) is 14.4. The largest absolute Gasteiger partial charge is 0.324 e. The van der Waals surface area contributed by atoms with Crippen molar-refractivity contribution in [1.82, 2.24) is 4.90 Å². The van der Waals surface area contributed by atoms with Crippen LogP contribution in [0.15, 0.2) is 30.3 Å². The van der Waals surface area contributed by atoms with Gasteiger partial charge < -0.3 is 5.32 Å². The van der Waals surface area contributed by atoms with E-state index in [0.29, 0.717) is 10.7 Å². The third-order valence-electron chi connectivity index (χ3n) is 4.17. The van der Waals surface area contributed by atoms with Gasteiger partial charge in [-0.15, -0.1) is 0 Å². The molecule has 2 aromatic carbocycles. The Balaban J connectivity index is 1.86. The molecular weight excluding hydrogens is 399 g/mol. The predicted octanol–water partition coefficient (Wildman–Crippen LogP) is 4.58. The molecular formula is C18H13Cl3N2O3. The SMILES string of the molecule is Cc1cc(Cl)ccc1NC(=O)C(C)N1C(=O)c2cc(Cl)c(Cl)cc2C1=O. The van der Waals surface area contributed by atoms with Crippen LogP contribution >= 0.6 is 34.8 Å². The van der Waals surface area contributed by atoms with Gasteiger partial charge in [-0.2, -0.15) is 0 Å². The number of rotatable bonds is 3. The van der Waals surface area contributed by atoms with Gasteiger partial charge in [0.05, 0.1) is 21.2 Å². The molecule has 134 valence electrons. The van der Waals surface area contributed by atoms with Crippen LogP contribution in [0.4, 0.5) is 5.69 Å². The van der Waals surface area contributed by atoms with Crippen LogP contribution in [0, 0.1) is 6.92 Å². The minimum Gasteiger partial charge on any atom is -0.324 e. The smallest absolute Gasteiger partial charge is 0.262 e. The summed E-state index contributed by atoms with van der Waals surface area (Å²) in [6.07, 6.45) is 0. The Bertz CT molecular complexity index is 918. The summed E-state index contributed by atoms with van der Waals surface area (Å²) in [4.78, 5) is 38.6. The summed E-state index contributed by atoms with van der Waals surface area (Å²) in [7, 11) is 0. The molecule has 0 spiro atoms. The van der Waals surface area contributed by atoms with Crippen molar-refractivity contribution in [1.29, 1.82) is 0 Å². The molecule has 26 heavy (non-hydrogen) atoms. The van der Waals surface area contributed by atoms with E-state index >= 15 is 0 Å². The van der Waals surface area contributed by atoms with Gasteiger partial charge in [-0.1, -0.05) is 34.8 Å². The number of amides is 3. The second-order valence-corrected chi connectivity index (χ2v) is 7.17. The monoisotopic (exact) mass is 410 g/mol. The number of fused-ring (bicyclic) bond motifs is 1. The molecule has 1 aliphatic rings. The van der Waals surface area contributed by atoms with Crippen LogP contribution in [0.1, 0.15) is 33.2 Å². The summed E-state index contributed by atoms with van der Waals surface area (Å²) in [5.74, 6) is -1.67. The lowest BCUT2D eigenvalue weighted by Crippen LogP contribution is -2.45. The molecule has 1 aliphatic heterocycles. The van der Waals surface area contributed by atoms with E-state index in [1.165, 1.54) is 19.1 Å². The van der Waals surface area contributed by atoms with Crippen LogP contribution in [0.25, 0.3) is 0 Å². The first-order chi connectivity index (χ1) is 12.2. The molecule has 0 fully saturated rings. The van der Waals surface area contributed by atoms with Crippen molar-refractivity contribution in [2.45, 2.75) is 19.9 Å². The third kappa shape index (κ3) is 3.18. The first-order valence-electron chi connectivity index (χ1n) is 7.64. The van der Waals surface area contributed by atoms with Gasteiger partial charge in [-0.25, -0.2) is 0 Å². The van der Waals surface area contributed by atoms with Crippen molar-refractivity contribution in [2.75, 3.05) is 5.32 Å². The van der Waals surface area contributed by atoms with Crippen molar-refractivity contribution in [3.8, 4) is 0 Å². The molecule has 0 saturated heterocycles. The zero-order valence-corrected chi connectivity index (χ0v) is 16.0. The molecule has 0 aromatic heterocycles. The van der Waals surface area contributed by atoms with Crippen molar-refractivity contribution >= 4 is 58.2 Å². The van der Waals surface area contributed by atoms with Gasteiger partial charge in [0.15, 0.2) is 0 Å². The number of anilines is 1. The summed E-state index contributed by atoms with van der Waals surface area (Å²) < 4.78 is 0. The fraction of sp³-hybridized carbons (Fsp3) is 0.167. The zero-order chi connectivity index (χ0) is 19.2. The van der Waals surface area contributed by atoms with Crippen LogP contribution in [0.2, 0.25) is 15.1 Å². The molecule has 0 saturated carbocycles. The van der Waals surface area contributed by atoms with Gasteiger partial charge >= 0.3 is 0 Å². The molecule has 1 N–H and O–H groups in total. The molecule has 3 amide bonds. The highest BCUT2D eigenvalue weighted by atomic mass is 35.5. The fourth-order valence-corrected chi connectivity index (χ4v) is 3.28. The highest BCUT2D eigenvalue weighted by Crippen LogP contribution is 2.32. The number of nitrogens with zero attached hydrogens (tertiary/aromatic N) is 1. The molecule has 0 bridgehead atoms. The lowest BCUT2D eigenvalue weighted by Gasteiger charge is -2.22. The Morgan fingerprint density at radius 3 is 2.04 bits per heavy atom. The second-order valence-electron chi connectivity index (χ2n) is 5.92. The molecule has 1 unspecified atom stereocenters. The quantitative estimate of drug-likeness (QED) is 0.752. The van der Waals surface area contributed by atoms with Gasteiger partial charge in [-0.3, -0.25) is 19.3 Å². The van der Waals surface area contributed by atoms with Crippen LogP contribution in [0.5, 0.6) is 0 Å². The van der Waals surface area contributed by atoms with Crippen molar-refractivity contribution < 1.29 is 14.4 Å². The molecule has 0 aliphatic carbocycles. The average molecular weight is 412 g/mol. The number of halogens is 3. The van der Waals surface area contributed by atoms with E-state index < -0.39 is 23.8 Å². The summed E-state index contributed by atoms with van der Waals surface area (Å²) in [5, 5.41) is 3.59. The van der Waals surface area contributed by atoms with Crippen molar-refractivity contribution in [3.63, 3.8) is 0 Å². The van der Waals surface area contributed by atoms with Crippen LogP contribution in [0.3, 0.4) is 0 Å². The van der Waals surface area contributed by atoms with Gasteiger partial charge in [0, 0.05) is 10.7 Å². The van der Waals surface area contributed by atoms with E-state index in [0.717, 1.165) is 10.5 Å². The van der Waals surface area contributed by atoms with Crippen LogP contribution in [-0.4, -0.2) is 28.7 Å². The first kappa shape index (κ1) is 18.7. The minimum absolute atomic E-state index is 0.131. The molecule has 0 radical (unpaired) electrons. The Hall–Kier alpha value is -2.08. The standard InChI is InChI=1S/C18H13Cl3N2O3/c1-8-5-10(19)3-4-15(8)22-16(24)9(2)23-17(25)11-6-13(20)14(21)7-12(11)18(23)26/h3-7,9H,1-2H3,(H,22,24). The summed E-state index contributed by atoms with van der Waals surface area (Å²) >= 11 is 17.8. The van der Waals surface area contributed by atoms with E-state index in [1.54, 1.807) is 25.1 Å². The fourth-order valence-electron chi connectivity index (χ4n) is 2.73. The van der Waals surface area contributed by atoms with Gasteiger partial charge in [-0.05, 0) is 49.7 Å². The molecule has 2 aromatic rings. The summed E-state index contributed by atoms with van der Waals surface area (Å²) in [6, 6.07) is 6.66. The highest BCUT2D eigenvalue weighted by molar-refractivity contribution is 6.43. The Morgan fingerprint density at radius 2 is 1.54 bits per heavy atom. The predicted molar refractivity (Wildman–Crippen MR) is 101 cm³/mol. The molecule has 5 nitrogen and oxygen atoms in total. The Labute approximate surface area is 164 Å². The number of benzene rings is 2. The van der Waals surface area contributed by atoms with Crippen LogP contribution in [-0.2, 0) is 4.79 Å². The topological polar surface area (TPSA) is 66.5 Å². The number of carbonyl (C=O) groups is 3.